The molecule has 1 aromatic carbocycles. The average molecular weight is 347 g/mol. The first-order valence-corrected chi connectivity index (χ1v) is 7.89. The predicted octanol–water partition coefficient (Wildman–Crippen LogP) is 3.96. The Kier molecular flexibility index (Phi) is 6.02. The minimum Gasteiger partial charge on any atom is -0.314 e. The van der Waals surface area contributed by atoms with Gasteiger partial charge in [-0.3, -0.25) is 4.90 Å². The summed E-state index contributed by atoms with van der Waals surface area (Å²) in [5, 5.41) is 3.35. The van der Waals surface area contributed by atoms with E-state index in [2.05, 4.69) is 10.2 Å². The summed E-state index contributed by atoms with van der Waals surface area (Å²) in [5.74, 6) is -0.190. The first-order valence-electron chi connectivity index (χ1n) is 6.69. The molecule has 3 rings (SSSR count). The molecule has 2 heterocycles. The highest BCUT2D eigenvalue weighted by molar-refractivity contribution is 7.16. The fourth-order valence-electron chi connectivity index (χ4n) is 2.65. The first-order chi connectivity index (χ1) is 9.74. The molecule has 1 aliphatic heterocycles. The lowest BCUT2D eigenvalue weighted by atomic mass is 10.0. The van der Waals surface area contributed by atoms with Gasteiger partial charge in [0.1, 0.15) is 5.82 Å². The molecule has 1 fully saturated rings. The van der Waals surface area contributed by atoms with Crippen LogP contribution in [0.3, 0.4) is 0 Å². The van der Waals surface area contributed by atoms with Crippen molar-refractivity contribution in [3.63, 3.8) is 0 Å². The van der Waals surface area contributed by atoms with Crippen LogP contribution in [0.15, 0.2) is 36.4 Å². The molecule has 0 aliphatic carbocycles. The number of piperazine rings is 1. The van der Waals surface area contributed by atoms with Crippen molar-refractivity contribution in [3.05, 3.63) is 57.0 Å². The summed E-state index contributed by atoms with van der Waals surface area (Å²) < 4.78 is 14.3. The van der Waals surface area contributed by atoms with Crippen molar-refractivity contribution in [2.75, 3.05) is 26.2 Å². The van der Waals surface area contributed by atoms with Crippen LogP contribution in [-0.2, 0) is 0 Å². The third-order valence-corrected chi connectivity index (χ3v) is 4.83. The summed E-state index contributed by atoms with van der Waals surface area (Å²) in [6, 6.07) is 10.9. The predicted molar refractivity (Wildman–Crippen MR) is 89.3 cm³/mol. The molecular formula is C15H17Cl2FN2S. The fourth-order valence-corrected chi connectivity index (χ4v) is 3.87. The average Bonchev–Trinajstić information content (AvgIpc) is 2.87. The van der Waals surface area contributed by atoms with E-state index in [0.29, 0.717) is 0 Å². The van der Waals surface area contributed by atoms with Crippen LogP contribution >= 0.6 is 35.3 Å². The maximum Gasteiger partial charge on any atom is 0.123 e. The van der Waals surface area contributed by atoms with Crippen molar-refractivity contribution in [1.82, 2.24) is 10.2 Å². The Morgan fingerprint density at radius 1 is 1.19 bits per heavy atom. The summed E-state index contributed by atoms with van der Waals surface area (Å²) in [6.45, 7) is 3.84. The molecule has 21 heavy (non-hydrogen) atoms. The van der Waals surface area contributed by atoms with E-state index in [1.807, 2.05) is 18.2 Å². The molecule has 2 aromatic rings. The van der Waals surface area contributed by atoms with Crippen LogP contribution in [0.25, 0.3) is 0 Å². The van der Waals surface area contributed by atoms with E-state index in [9.17, 15) is 4.39 Å². The highest BCUT2D eigenvalue weighted by atomic mass is 35.5. The second-order valence-electron chi connectivity index (χ2n) is 4.89. The Hall–Kier alpha value is -0.650. The van der Waals surface area contributed by atoms with Crippen LogP contribution < -0.4 is 5.32 Å². The minimum absolute atomic E-state index is 0. The number of halogens is 3. The van der Waals surface area contributed by atoms with E-state index in [-0.39, 0.29) is 24.3 Å². The summed E-state index contributed by atoms with van der Waals surface area (Å²) in [4.78, 5) is 3.55. The summed E-state index contributed by atoms with van der Waals surface area (Å²) in [5.41, 5.74) is 0.991. The zero-order chi connectivity index (χ0) is 13.9. The van der Waals surface area contributed by atoms with Crippen molar-refractivity contribution < 1.29 is 4.39 Å². The Morgan fingerprint density at radius 3 is 2.57 bits per heavy atom. The van der Waals surface area contributed by atoms with Gasteiger partial charge in [0, 0.05) is 31.1 Å². The van der Waals surface area contributed by atoms with E-state index in [4.69, 9.17) is 11.6 Å². The molecular weight excluding hydrogens is 330 g/mol. The number of nitrogens with zero attached hydrogens (tertiary/aromatic N) is 1. The van der Waals surface area contributed by atoms with Gasteiger partial charge < -0.3 is 5.32 Å². The molecule has 0 unspecified atom stereocenters. The maximum atomic E-state index is 13.6. The molecule has 0 bridgehead atoms. The van der Waals surface area contributed by atoms with E-state index >= 15 is 0 Å². The van der Waals surface area contributed by atoms with E-state index in [1.54, 1.807) is 23.5 Å². The van der Waals surface area contributed by atoms with Gasteiger partial charge in [-0.25, -0.2) is 4.39 Å². The van der Waals surface area contributed by atoms with Crippen molar-refractivity contribution in [1.29, 1.82) is 0 Å². The Balaban J connectivity index is 0.00000161. The number of rotatable bonds is 3. The Morgan fingerprint density at radius 2 is 1.95 bits per heavy atom. The maximum absolute atomic E-state index is 13.6. The van der Waals surface area contributed by atoms with Crippen molar-refractivity contribution in [2.24, 2.45) is 0 Å². The van der Waals surface area contributed by atoms with Gasteiger partial charge in [0.15, 0.2) is 0 Å². The van der Waals surface area contributed by atoms with Crippen LogP contribution in [0.1, 0.15) is 16.5 Å². The van der Waals surface area contributed by atoms with E-state index in [1.165, 1.54) is 10.9 Å². The smallest absolute Gasteiger partial charge is 0.123 e. The molecule has 1 atom stereocenters. The van der Waals surface area contributed by atoms with Crippen LogP contribution in [-0.4, -0.2) is 31.1 Å². The molecule has 0 amide bonds. The number of hydrogen-bond acceptors (Lipinski definition) is 3. The molecule has 1 N–H and O–H groups in total. The molecule has 1 saturated heterocycles. The van der Waals surface area contributed by atoms with Crippen molar-refractivity contribution >= 4 is 35.3 Å². The minimum atomic E-state index is -0.190. The lowest BCUT2D eigenvalue weighted by Crippen LogP contribution is -2.45. The van der Waals surface area contributed by atoms with E-state index in [0.717, 1.165) is 36.1 Å². The number of benzene rings is 1. The summed E-state index contributed by atoms with van der Waals surface area (Å²) in [6.07, 6.45) is 0. The quantitative estimate of drug-likeness (QED) is 0.904. The normalized spacial score (nSPS) is 17.2. The third-order valence-electron chi connectivity index (χ3n) is 3.54. The van der Waals surface area contributed by atoms with Gasteiger partial charge >= 0.3 is 0 Å². The molecule has 6 heteroatoms. The molecule has 1 aliphatic rings. The fraction of sp³-hybridized carbons (Fsp3) is 0.333. The molecule has 0 saturated carbocycles. The number of thiophene rings is 1. The molecule has 0 radical (unpaired) electrons. The third kappa shape index (κ3) is 3.96. The van der Waals surface area contributed by atoms with Crippen LogP contribution in [0.4, 0.5) is 4.39 Å². The van der Waals surface area contributed by atoms with E-state index < -0.39 is 0 Å². The van der Waals surface area contributed by atoms with Crippen molar-refractivity contribution in [2.45, 2.75) is 6.04 Å². The molecule has 0 spiro atoms. The van der Waals surface area contributed by atoms with Gasteiger partial charge in [-0.1, -0.05) is 23.7 Å². The SMILES string of the molecule is Cl.Fc1cccc([C@H](c2ccc(Cl)s2)N2CCNCC2)c1. The van der Waals surface area contributed by atoms with Crippen LogP contribution in [0, 0.1) is 5.82 Å². The zero-order valence-electron chi connectivity index (χ0n) is 11.4. The van der Waals surface area contributed by atoms with Crippen LogP contribution in [0.5, 0.6) is 0 Å². The summed E-state index contributed by atoms with van der Waals surface area (Å²) in [7, 11) is 0. The zero-order valence-corrected chi connectivity index (χ0v) is 13.8. The highest BCUT2D eigenvalue weighted by Gasteiger charge is 2.25. The first kappa shape index (κ1) is 16.7. The van der Waals surface area contributed by atoms with Gasteiger partial charge in [-0.2, -0.15) is 0 Å². The van der Waals surface area contributed by atoms with Gasteiger partial charge in [0.05, 0.1) is 10.4 Å². The van der Waals surface area contributed by atoms with Gasteiger partial charge in [-0.05, 0) is 29.8 Å². The monoisotopic (exact) mass is 346 g/mol. The lowest BCUT2D eigenvalue weighted by molar-refractivity contribution is 0.200. The van der Waals surface area contributed by atoms with Gasteiger partial charge in [0.2, 0.25) is 0 Å². The lowest BCUT2D eigenvalue weighted by Gasteiger charge is -2.34. The summed E-state index contributed by atoms with van der Waals surface area (Å²) >= 11 is 7.65. The molecule has 1 aromatic heterocycles. The van der Waals surface area contributed by atoms with Crippen LogP contribution in [0.2, 0.25) is 4.34 Å². The second-order valence-corrected chi connectivity index (χ2v) is 6.63. The highest BCUT2D eigenvalue weighted by Crippen LogP contribution is 2.35. The molecule has 2 nitrogen and oxygen atoms in total. The largest absolute Gasteiger partial charge is 0.314 e. The number of nitrogens with one attached hydrogen (secondary N) is 1. The second kappa shape index (κ2) is 7.56. The number of hydrogen-bond donors (Lipinski definition) is 1. The standard InChI is InChI=1S/C15H16ClFN2S.ClH/c16-14-5-4-13(20-14)15(19-8-6-18-7-9-19)11-2-1-3-12(17)10-11;/h1-5,10,15,18H,6-9H2;1H/t15-;/m1./s1. The Labute approximate surface area is 139 Å². The van der Waals surface area contributed by atoms with Gasteiger partial charge in [0.25, 0.3) is 0 Å². The van der Waals surface area contributed by atoms with Gasteiger partial charge in [-0.15, -0.1) is 23.7 Å². The topological polar surface area (TPSA) is 15.3 Å². The Bertz CT molecular complexity index is 585. The molecule has 114 valence electrons. The van der Waals surface area contributed by atoms with Crippen molar-refractivity contribution in [3.8, 4) is 0 Å².